The summed E-state index contributed by atoms with van der Waals surface area (Å²) in [5.74, 6) is -2.83. The van der Waals surface area contributed by atoms with Gasteiger partial charge in [-0.1, -0.05) is 45.4 Å². The normalized spacial score (nSPS) is 19.7. The molecular weight excluding hydrogens is 350 g/mol. The van der Waals surface area contributed by atoms with Crippen LogP contribution in [0, 0.1) is 23.5 Å². The summed E-state index contributed by atoms with van der Waals surface area (Å²) in [5.41, 5.74) is 0. The molecule has 0 amide bonds. The van der Waals surface area contributed by atoms with Gasteiger partial charge in [-0.2, -0.15) is 8.78 Å². The van der Waals surface area contributed by atoms with E-state index in [0.717, 1.165) is 25.7 Å². The number of halogens is 2. The number of rotatable bonds is 10. The zero-order chi connectivity index (χ0) is 19.6. The molecule has 0 saturated heterocycles. The first-order valence-electron chi connectivity index (χ1n) is 10.4. The highest BCUT2D eigenvalue weighted by atomic mass is 19.2. The van der Waals surface area contributed by atoms with Crippen LogP contribution in [0.2, 0.25) is 0 Å². The molecule has 0 N–H and O–H groups in total. The fourth-order valence-corrected chi connectivity index (χ4v) is 3.77. The lowest BCUT2D eigenvalue weighted by atomic mass is 9.80. The summed E-state index contributed by atoms with van der Waals surface area (Å²) in [4.78, 5) is 12.3. The Morgan fingerprint density at radius 2 is 1.59 bits per heavy atom. The van der Waals surface area contributed by atoms with Gasteiger partial charge in [-0.25, -0.2) is 0 Å². The minimum absolute atomic E-state index is 0.172. The molecule has 0 bridgehead atoms. The number of hydrogen-bond acceptors (Lipinski definition) is 3. The molecule has 1 aliphatic rings. The van der Waals surface area contributed by atoms with Gasteiger partial charge in [-0.3, -0.25) is 4.79 Å². The summed E-state index contributed by atoms with van der Waals surface area (Å²) in [6.07, 6.45) is 11.2. The number of unbranched alkanes of at least 4 members (excludes halogenated alkanes) is 4. The second-order valence-electron chi connectivity index (χ2n) is 7.46. The molecule has 152 valence electrons. The van der Waals surface area contributed by atoms with Crippen LogP contribution in [0.4, 0.5) is 8.78 Å². The maximum Gasteiger partial charge on any atom is 0.314 e. The van der Waals surface area contributed by atoms with E-state index in [4.69, 9.17) is 9.47 Å². The minimum atomic E-state index is -1.17. The van der Waals surface area contributed by atoms with Crippen molar-refractivity contribution >= 4 is 5.97 Å². The zero-order valence-electron chi connectivity index (χ0n) is 16.6. The maximum absolute atomic E-state index is 14.1. The first-order chi connectivity index (χ1) is 13.1. The SMILES string of the molecule is CCCCCCCC1CCC(C(=O)Oc2ccc(OCC)c(F)c2F)CC1. The second-order valence-corrected chi connectivity index (χ2v) is 7.46. The summed E-state index contributed by atoms with van der Waals surface area (Å²) in [7, 11) is 0. The van der Waals surface area contributed by atoms with Crippen LogP contribution in [-0.4, -0.2) is 12.6 Å². The highest BCUT2D eigenvalue weighted by Crippen LogP contribution is 2.34. The summed E-state index contributed by atoms with van der Waals surface area (Å²) < 4.78 is 38.1. The topological polar surface area (TPSA) is 35.5 Å². The monoisotopic (exact) mass is 382 g/mol. The minimum Gasteiger partial charge on any atom is -0.491 e. The largest absolute Gasteiger partial charge is 0.491 e. The van der Waals surface area contributed by atoms with E-state index in [0.29, 0.717) is 5.92 Å². The molecule has 1 aromatic carbocycles. The van der Waals surface area contributed by atoms with Crippen LogP contribution < -0.4 is 9.47 Å². The van der Waals surface area contributed by atoms with Gasteiger partial charge in [-0.15, -0.1) is 0 Å². The van der Waals surface area contributed by atoms with Crippen LogP contribution in [-0.2, 0) is 4.79 Å². The van der Waals surface area contributed by atoms with E-state index in [2.05, 4.69) is 6.92 Å². The molecule has 0 atom stereocenters. The standard InChI is InChI=1S/C22H32F2O3/c1-3-5-6-7-8-9-16-10-12-17(13-11-16)22(25)27-19-15-14-18(26-4-2)20(23)21(19)24/h14-17H,3-13H2,1-2H3. The highest BCUT2D eigenvalue weighted by Gasteiger charge is 2.28. The Bertz CT molecular complexity index is 595. The Kier molecular flexibility index (Phi) is 9.02. The average Bonchev–Trinajstić information content (AvgIpc) is 2.68. The van der Waals surface area contributed by atoms with E-state index < -0.39 is 17.6 Å². The maximum atomic E-state index is 14.1. The van der Waals surface area contributed by atoms with Crippen LogP contribution in [0.1, 0.15) is 78.1 Å². The Balaban J connectivity index is 1.78. The predicted molar refractivity (Wildman–Crippen MR) is 102 cm³/mol. The quantitative estimate of drug-likeness (QED) is 0.265. The second kappa shape index (κ2) is 11.3. The molecule has 0 spiro atoms. The summed E-state index contributed by atoms with van der Waals surface area (Å²) in [6, 6.07) is 2.54. The molecule has 0 heterocycles. The number of carbonyl (C=O) groups excluding carboxylic acids is 1. The van der Waals surface area contributed by atoms with Crippen molar-refractivity contribution in [2.45, 2.75) is 78.1 Å². The summed E-state index contributed by atoms with van der Waals surface area (Å²) in [5, 5.41) is 0. The molecule has 2 rings (SSSR count). The van der Waals surface area contributed by atoms with E-state index in [1.54, 1.807) is 6.92 Å². The molecule has 0 unspecified atom stereocenters. The van der Waals surface area contributed by atoms with Crippen molar-refractivity contribution in [1.82, 2.24) is 0 Å². The van der Waals surface area contributed by atoms with Crippen molar-refractivity contribution in [2.24, 2.45) is 11.8 Å². The predicted octanol–water partition coefficient (Wildman–Crippen LogP) is 6.44. The van der Waals surface area contributed by atoms with Crippen LogP contribution in [0.15, 0.2) is 12.1 Å². The van der Waals surface area contributed by atoms with Crippen molar-refractivity contribution < 1.29 is 23.0 Å². The number of ether oxygens (including phenoxy) is 2. The van der Waals surface area contributed by atoms with Crippen LogP contribution >= 0.6 is 0 Å². The fraction of sp³-hybridized carbons (Fsp3) is 0.682. The van der Waals surface area contributed by atoms with Gasteiger partial charge in [0.05, 0.1) is 12.5 Å². The first kappa shape index (κ1) is 21.6. The Labute approximate surface area is 161 Å². The van der Waals surface area contributed by atoms with Crippen molar-refractivity contribution in [3.05, 3.63) is 23.8 Å². The van der Waals surface area contributed by atoms with Crippen molar-refractivity contribution in [2.75, 3.05) is 6.61 Å². The van der Waals surface area contributed by atoms with Crippen molar-refractivity contribution in [1.29, 1.82) is 0 Å². The number of carbonyl (C=O) groups is 1. The van der Waals surface area contributed by atoms with Gasteiger partial charge in [-0.05, 0) is 50.7 Å². The Morgan fingerprint density at radius 1 is 0.963 bits per heavy atom. The fourth-order valence-electron chi connectivity index (χ4n) is 3.77. The Hall–Kier alpha value is -1.65. The summed E-state index contributed by atoms with van der Waals surface area (Å²) in [6.45, 7) is 4.14. The molecule has 1 fully saturated rings. The van der Waals surface area contributed by atoms with Crippen molar-refractivity contribution in [3.8, 4) is 11.5 Å². The number of esters is 1. The van der Waals surface area contributed by atoms with Gasteiger partial charge in [0.1, 0.15) is 0 Å². The molecule has 0 aromatic heterocycles. The number of hydrogen-bond donors (Lipinski definition) is 0. The van der Waals surface area contributed by atoms with Gasteiger partial charge in [0.25, 0.3) is 0 Å². The third kappa shape index (κ3) is 6.47. The molecule has 1 aliphatic carbocycles. The molecule has 27 heavy (non-hydrogen) atoms. The van der Waals surface area contributed by atoms with Crippen LogP contribution in [0.3, 0.4) is 0 Å². The van der Waals surface area contributed by atoms with E-state index in [1.165, 1.54) is 50.7 Å². The molecule has 0 radical (unpaired) electrons. The number of benzene rings is 1. The molecule has 0 aliphatic heterocycles. The lowest BCUT2D eigenvalue weighted by Gasteiger charge is -2.27. The van der Waals surface area contributed by atoms with Gasteiger partial charge in [0.15, 0.2) is 11.5 Å². The molecule has 1 saturated carbocycles. The lowest BCUT2D eigenvalue weighted by Crippen LogP contribution is -2.26. The lowest BCUT2D eigenvalue weighted by molar-refractivity contribution is -0.140. The van der Waals surface area contributed by atoms with E-state index >= 15 is 0 Å². The van der Waals surface area contributed by atoms with E-state index in [9.17, 15) is 13.6 Å². The van der Waals surface area contributed by atoms with Gasteiger partial charge >= 0.3 is 5.97 Å². The van der Waals surface area contributed by atoms with Gasteiger partial charge in [0.2, 0.25) is 11.6 Å². The third-order valence-corrected chi connectivity index (χ3v) is 5.42. The smallest absolute Gasteiger partial charge is 0.314 e. The Morgan fingerprint density at radius 3 is 2.26 bits per heavy atom. The summed E-state index contributed by atoms with van der Waals surface area (Å²) >= 11 is 0. The highest BCUT2D eigenvalue weighted by molar-refractivity contribution is 5.75. The zero-order valence-corrected chi connectivity index (χ0v) is 16.6. The van der Waals surface area contributed by atoms with E-state index in [1.807, 2.05) is 0 Å². The third-order valence-electron chi connectivity index (χ3n) is 5.42. The van der Waals surface area contributed by atoms with Crippen LogP contribution in [0.25, 0.3) is 0 Å². The van der Waals surface area contributed by atoms with Crippen molar-refractivity contribution in [3.63, 3.8) is 0 Å². The molecule has 5 heteroatoms. The van der Waals surface area contributed by atoms with Gasteiger partial charge in [0, 0.05) is 0 Å². The first-order valence-corrected chi connectivity index (χ1v) is 10.4. The molecular formula is C22H32F2O3. The molecule has 1 aromatic rings. The molecule has 3 nitrogen and oxygen atoms in total. The van der Waals surface area contributed by atoms with E-state index in [-0.39, 0.29) is 24.0 Å². The van der Waals surface area contributed by atoms with Crippen LogP contribution in [0.5, 0.6) is 11.5 Å². The van der Waals surface area contributed by atoms with Gasteiger partial charge < -0.3 is 9.47 Å². The average molecular weight is 382 g/mol.